The molecular formula is C29H27N3O7. The number of nitrogens with one attached hydrogen (secondary N) is 1. The van der Waals surface area contributed by atoms with Crippen molar-refractivity contribution in [1.82, 2.24) is 5.32 Å². The van der Waals surface area contributed by atoms with E-state index in [0.29, 0.717) is 23.5 Å². The van der Waals surface area contributed by atoms with Crippen LogP contribution in [0.25, 0.3) is 0 Å². The number of nitrogens with zero attached hydrogens (tertiary/aromatic N) is 2. The van der Waals surface area contributed by atoms with Gasteiger partial charge in [-0.25, -0.2) is 4.90 Å². The van der Waals surface area contributed by atoms with Gasteiger partial charge in [-0.05, 0) is 35.7 Å². The summed E-state index contributed by atoms with van der Waals surface area (Å²) in [6.07, 6.45) is 0.792. The van der Waals surface area contributed by atoms with Crippen LogP contribution in [0, 0.1) is 22.0 Å². The number of benzene rings is 3. The van der Waals surface area contributed by atoms with Crippen LogP contribution in [0.5, 0.6) is 5.75 Å². The maximum atomic E-state index is 14.0. The Morgan fingerprint density at radius 3 is 2.41 bits per heavy atom. The van der Waals surface area contributed by atoms with E-state index in [-0.39, 0.29) is 17.8 Å². The number of carboxylic acid groups (broad SMARTS) is 1. The quantitative estimate of drug-likeness (QED) is 0.242. The average molecular weight is 530 g/mol. The Kier molecular flexibility index (Phi) is 6.88. The number of nitro groups is 1. The number of nitro benzene ring substituents is 1. The predicted molar refractivity (Wildman–Crippen MR) is 141 cm³/mol. The number of amides is 2. The molecule has 0 bridgehead atoms. The molecule has 2 fully saturated rings. The van der Waals surface area contributed by atoms with Crippen LogP contribution in [0.15, 0.2) is 78.9 Å². The molecule has 4 atom stereocenters. The molecule has 2 heterocycles. The summed E-state index contributed by atoms with van der Waals surface area (Å²) in [7, 11) is 0. The highest BCUT2D eigenvalue weighted by atomic mass is 16.6. The third-order valence-electron chi connectivity index (χ3n) is 7.37. The molecule has 2 saturated heterocycles. The largest absolute Gasteiger partial charge is 0.494 e. The highest BCUT2D eigenvalue weighted by Gasteiger charge is 2.68. The van der Waals surface area contributed by atoms with Crippen molar-refractivity contribution in [2.24, 2.45) is 11.8 Å². The first-order valence-corrected chi connectivity index (χ1v) is 12.7. The average Bonchev–Trinajstić information content (AvgIpc) is 3.42. The molecule has 5 rings (SSSR count). The number of imide groups is 1. The molecule has 0 radical (unpaired) electrons. The molecule has 10 heteroatoms. The number of rotatable bonds is 9. The van der Waals surface area contributed by atoms with Gasteiger partial charge in [-0.3, -0.25) is 29.8 Å². The van der Waals surface area contributed by atoms with E-state index in [1.54, 1.807) is 54.6 Å². The van der Waals surface area contributed by atoms with Crippen LogP contribution >= 0.6 is 0 Å². The first-order chi connectivity index (χ1) is 18.8. The molecule has 0 aromatic heterocycles. The van der Waals surface area contributed by atoms with Gasteiger partial charge in [-0.1, -0.05) is 55.5 Å². The third kappa shape index (κ3) is 4.52. The van der Waals surface area contributed by atoms with Crippen LogP contribution in [0.1, 0.15) is 30.5 Å². The lowest BCUT2D eigenvalue weighted by Crippen LogP contribution is -2.57. The Balaban J connectivity index is 1.61. The summed E-state index contributed by atoms with van der Waals surface area (Å²) in [6, 6.07) is 20.4. The summed E-state index contributed by atoms with van der Waals surface area (Å²) < 4.78 is 5.66. The number of aliphatic carboxylic acids is 1. The molecule has 2 amide bonds. The normalized spacial score (nSPS) is 24.0. The molecule has 10 nitrogen and oxygen atoms in total. The lowest BCUT2D eigenvalue weighted by atomic mass is 9.76. The van der Waals surface area contributed by atoms with E-state index in [9.17, 15) is 29.6 Å². The minimum absolute atomic E-state index is 0.0367. The predicted octanol–water partition coefficient (Wildman–Crippen LogP) is 3.90. The smallest absolute Gasteiger partial charge is 0.325 e. The molecule has 0 aliphatic carbocycles. The summed E-state index contributed by atoms with van der Waals surface area (Å²) in [4.78, 5) is 52.5. The lowest BCUT2D eigenvalue weighted by Gasteiger charge is -2.31. The summed E-state index contributed by atoms with van der Waals surface area (Å²) in [5, 5.41) is 25.2. The second-order valence-electron chi connectivity index (χ2n) is 9.77. The molecular weight excluding hydrogens is 502 g/mol. The number of non-ortho nitro benzene ring substituents is 1. The maximum absolute atomic E-state index is 14.0. The monoisotopic (exact) mass is 529 g/mol. The van der Waals surface area contributed by atoms with Crippen molar-refractivity contribution >= 4 is 29.2 Å². The summed E-state index contributed by atoms with van der Waals surface area (Å²) in [6.45, 7) is 2.53. The highest BCUT2D eigenvalue weighted by molar-refractivity contribution is 6.24. The first-order valence-electron chi connectivity index (χ1n) is 12.7. The van der Waals surface area contributed by atoms with Crippen molar-refractivity contribution in [3.8, 4) is 5.75 Å². The number of carboxylic acids is 1. The van der Waals surface area contributed by atoms with E-state index in [4.69, 9.17) is 4.74 Å². The van der Waals surface area contributed by atoms with Gasteiger partial charge in [0.15, 0.2) is 0 Å². The van der Waals surface area contributed by atoms with Crippen molar-refractivity contribution in [1.29, 1.82) is 0 Å². The van der Waals surface area contributed by atoms with E-state index in [1.165, 1.54) is 18.2 Å². The van der Waals surface area contributed by atoms with Gasteiger partial charge in [0.05, 0.1) is 29.1 Å². The van der Waals surface area contributed by atoms with Crippen molar-refractivity contribution < 1.29 is 29.2 Å². The van der Waals surface area contributed by atoms with Crippen LogP contribution in [-0.2, 0) is 20.8 Å². The van der Waals surface area contributed by atoms with E-state index in [0.717, 1.165) is 17.4 Å². The van der Waals surface area contributed by atoms with Crippen LogP contribution in [0.3, 0.4) is 0 Å². The zero-order valence-electron chi connectivity index (χ0n) is 21.2. The number of hydrogen-bond donors (Lipinski definition) is 2. The van der Waals surface area contributed by atoms with Crippen LogP contribution in [-0.4, -0.2) is 40.0 Å². The fourth-order valence-electron chi connectivity index (χ4n) is 5.63. The number of anilines is 1. The van der Waals surface area contributed by atoms with E-state index in [1.807, 2.05) is 6.92 Å². The Morgan fingerprint density at radius 2 is 1.77 bits per heavy atom. The van der Waals surface area contributed by atoms with Crippen LogP contribution in [0.4, 0.5) is 11.4 Å². The maximum Gasteiger partial charge on any atom is 0.325 e. The second-order valence-corrected chi connectivity index (χ2v) is 9.77. The van der Waals surface area contributed by atoms with Crippen molar-refractivity contribution in [3.05, 3.63) is 100 Å². The first kappa shape index (κ1) is 26.1. The van der Waals surface area contributed by atoms with Crippen LogP contribution in [0.2, 0.25) is 0 Å². The Hall–Kier alpha value is -4.57. The van der Waals surface area contributed by atoms with E-state index < -0.39 is 46.1 Å². The van der Waals surface area contributed by atoms with Crippen LogP contribution < -0.4 is 15.0 Å². The molecule has 4 unspecified atom stereocenters. The summed E-state index contributed by atoms with van der Waals surface area (Å²) in [5.74, 6) is -4.22. The molecule has 39 heavy (non-hydrogen) atoms. The molecule has 2 aliphatic heterocycles. The van der Waals surface area contributed by atoms with Gasteiger partial charge >= 0.3 is 5.97 Å². The zero-order valence-corrected chi connectivity index (χ0v) is 21.2. The number of carbonyl (C=O) groups excluding carboxylic acids is 2. The standard InChI is InChI=1S/C29H27N3O7/c1-2-15-39-22-13-11-19(12-14-22)25-23-24(29(30-25,28(35)36)17-18-7-4-3-5-8-18)27(34)31(26(23)33)20-9-6-10-21(16-20)32(37)38/h3-14,16,23-25,30H,2,15,17H2,1H3,(H,35,36). The van der Waals surface area contributed by atoms with Gasteiger partial charge in [0.2, 0.25) is 11.8 Å². The van der Waals surface area contributed by atoms with Gasteiger partial charge in [0, 0.05) is 24.6 Å². The molecule has 0 saturated carbocycles. The minimum atomic E-state index is -1.80. The number of carbonyl (C=O) groups is 3. The fraction of sp³-hybridized carbons (Fsp3) is 0.276. The second kappa shape index (κ2) is 10.3. The van der Waals surface area contributed by atoms with Gasteiger partial charge < -0.3 is 9.84 Å². The topological polar surface area (TPSA) is 139 Å². The highest BCUT2D eigenvalue weighted by Crippen LogP contribution is 2.51. The zero-order chi connectivity index (χ0) is 27.7. The Morgan fingerprint density at radius 1 is 1.05 bits per heavy atom. The summed E-state index contributed by atoms with van der Waals surface area (Å²) in [5.41, 5.74) is -0.724. The minimum Gasteiger partial charge on any atom is -0.494 e. The molecule has 3 aromatic carbocycles. The van der Waals surface area contributed by atoms with Gasteiger partial charge in [0.1, 0.15) is 11.3 Å². The van der Waals surface area contributed by atoms with Crippen molar-refractivity contribution in [2.75, 3.05) is 11.5 Å². The Bertz CT molecular complexity index is 1430. The van der Waals surface area contributed by atoms with E-state index in [2.05, 4.69) is 5.32 Å². The SMILES string of the molecule is CCCOc1ccc(C2NC(Cc3ccccc3)(C(=O)O)C3C(=O)N(c4cccc([N+](=O)[O-])c4)C(=O)C23)cc1. The van der Waals surface area contributed by atoms with E-state index >= 15 is 0 Å². The Labute approximate surface area is 224 Å². The molecule has 3 aromatic rings. The van der Waals surface area contributed by atoms with Gasteiger partial charge in [-0.15, -0.1) is 0 Å². The van der Waals surface area contributed by atoms with Crippen molar-refractivity contribution in [2.45, 2.75) is 31.3 Å². The number of hydrogen-bond acceptors (Lipinski definition) is 7. The van der Waals surface area contributed by atoms with Crippen molar-refractivity contribution in [3.63, 3.8) is 0 Å². The third-order valence-corrected chi connectivity index (χ3v) is 7.37. The molecule has 200 valence electrons. The number of fused-ring (bicyclic) bond motifs is 1. The molecule has 2 N–H and O–H groups in total. The lowest BCUT2D eigenvalue weighted by molar-refractivity contribution is -0.384. The summed E-state index contributed by atoms with van der Waals surface area (Å²) >= 11 is 0. The molecule has 0 spiro atoms. The number of ether oxygens (including phenoxy) is 1. The van der Waals surface area contributed by atoms with Gasteiger partial charge in [-0.2, -0.15) is 0 Å². The molecule has 2 aliphatic rings. The fourth-order valence-corrected chi connectivity index (χ4v) is 5.63. The van der Waals surface area contributed by atoms with Gasteiger partial charge in [0.25, 0.3) is 5.69 Å².